The molecule has 1 aromatic carbocycles. The predicted molar refractivity (Wildman–Crippen MR) is 99.0 cm³/mol. The molecule has 0 amide bonds. The van der Waals surface area contributed by atoms with E-state index in [-0.39, 0.29) is 0 Å². The van der Waals surface area contributed by atoms with Gasteiger partial charge in [0, 0.05) is 0 Å². The lowest BCUT2D eigenvalue weighted by Crippen LogP contribution is -2.17. The van der Waals surface area contributed by atoms with E-state index in [4.69, 9.17) is 66.5 Å². The molecular formula is C10H13Cl6PSi2. The van der Waals surface area contributed by atoms with Crippen LogP contribution in [0.4, 0.5) is 0 Å². The van der Waals surface area contributed by atoms with Crippen LogP contribution in [0.15, 0.2) is 30.3 Å². The Morgan fingerprint density at radius 3 is 1.53 bits per heavy atom. The molecule has 0 nitrogen and oxygen atoms in total. The Morgan fingerprint density at radius 2 is 1.16 bits per heavy atom. The lowest BCUT2D eigenvalue weighted by molar-refractivity contribution is 1.39. The summed E-state index contributed by atoms with van der Waals surface area (Å²) in [5.41, 5.74) is 0. The first-order valence-electron chi connectivity index (χ1n) is 5.61. The van der Waals surface area contributed by atoms with Crippen LogP contribution in [0.5, 0.6) is 0 Å². The van der Waals surface area contributed by atoms with E-state index in [9.17, 15) is 0 Å². The van der Waals surface area contributed by atoms with E-state index in [1.807, 2.05) is 18.2 Å². The molecule has 1 aromatic rings. The second-order valence-corrected chi connectivity index (χ2v) is 25.1. The van der Waals surface area contributed by atoms with Crippen molar-refractivity contribution in [3.8, 4) is 0 Å². The summed E-state index contributed by atoms with van der Waals surface area (Å²) in [5, 5.41) is 1.28. The van der Waals surface area contributed by atoms with Crippen LogP contribution in [0, 0.1) is 0 Å². The maximum absolute atomic E-state index is 5.97. The lowest BCUT2D eigenvalue weighted by atomic mass is 10.4. The van der Waals surface area contributed by atoms with Gasteiger partial charge < -0.3 is 0 Å². The third-order valence-electron chi connectivity index (χ3n) is 2.45. The van der Waals surface area contributed by atoms with Crippen LogP contribution in [-0.2, 0) is 0 Å². The van der Waals surface area contributed by atoms with Gasteiger partial charge in [-0.2, -0.15) is 0 Å². The highest BCUT2D eigenvalue weighted by Gasteiger charge is 2.29. The van der Waals surface area contributed by atoms with Gasteiger partial charge in [0.25, 0.3) is 0 Å². The van der Waals surface area contributed by atoms with E-state index in [0.29, 0.717) is 12.1 Å². The maximum atomic E-state index is 5.97. The minimum absolute atomic E-state index is 0.422. The summed E-state index contributed by atoms with van der Waals surface area (Å²) < 4.78 is 0. The summed E-state index contributed by atoms with van der Waals surface area (Å²) >= 11 is 35.8. The molecule has 9 heteroatoms. The number of hydrogen-bond acceptors (Lipinski definition) is 0. The fourth-order valence-corrected chi connectivity index (χ4v) is 11.6. The van der Waals surface area contributed by atoms with Crippen molar-refractivity contribution < 1.29 is 0 Å². The van der Waals surface area contributed by atoms with Crippen LogP contribution in [0.3, 0.4) is 0 Å². The van der Waals surface area contributed by atoms with Gasteiger partial charge in [-0.25, -0.2) is 0 Å². The second-order valence-electron chi connectivity index (χ2n) is 4.05. The van der Waals surface area contributed by atoms with Gasteiger partial charge in [0.15, 0.2) is 0 Å². The lowest BCUT2D eigenvalue weighted by Gasteiger charge is -2.21. The number of benzene rings is 1. The van der Waals surface area contributed by atoms with Crippen molar-refractivity contribution in [2.75, 3.05) is 12.3 Å². The molecule has 0 aromatic heterocycles. The van der Waals surface area contributed by atoms with E-state index in [1.165, 1.54) is 5.30 Å². The zero-order valence-corrected chi connectivity index (χ0v) is 17.4. The Bertz CT molecular complexity index is 360. The first-order valence-corrected chi connectivity index (χ1v) is 17.8. The first-order chi connectivity index (χ1) is 8.67. The fraction of sp³-hybridized carbons (Fsp3) is 0.400. The quantitative estimate of drug-likeness (QED) is 0.277. The maximum Gasteiger partial charge on any atom is 0.341 e. The summed E-state index contributed by atoms with van der Waals surface area (Å²) in [5.74, 6) is 0. The zero-order valence-electron chi connectivity index (χ0n) is 9.93. The first kappa shape index (κ1) is 18.9. The summed E-state index contributed by atoms with van der Waals surface area (Å²) in [6.45, 7) is 0. The van der Waals surface area contributed by atoms with Gasteiger partial charge in [0.05, 0.1) is 0 Å². The number of rotatable bonds is 7. The van der Waals surface area contributed by atoms with Crippen LogP contribution in [0.1, 0.15) is 0 Å². The average Bonchev–Trinajstić information content (AvgIpc) is 2.27. The van der Waals surface area contributed by atoms with Crippen molar-refractivity contribution in [2.45, 2.75) is 12.1 Å². The minimum atomic E-state index is -2.58. The monoisotopic (exact) mass is 430 g/mol. The van der Waals surface area contributed by atoms with Gasteiger partial charge in [-0.1, -0.05) is 38.3 Å². The molecule has 0 saturated carbocycles. The van der Waals surface area contributed by atoms with E-state index in [0.717, 1.165) is 12.3 Å². The third kappa shape index (κ3) is 9.44. The molecule has 19 heavy (non-hydrogen) atoms. The molecular weight excluding hydrogens is 420 g/mol. The SMILES string of the molecule is Cl[Si](Cl)(Cl)CCP(CC[Si](Cl)(Cl)Cl)c1ccccc1. The van der Waals surface area contributed by atoms with Crippen LogP contribution < -0.4 is 5.30 Å². The largest absolute Gasteiger partial charge is 0.341 e. The van der Waals surface area contributed by atoms with Crippen molar-refractivity contribution in [1.29, 1.82) is 0 Å². The highest BCUT2D eigenvalue weighted by atomic mass is 35.8. The molecule has 0 spiro atoms. The fourth-order valence-electron chi connectivity index (χ4n) is 1.53. The van der Waals surface area contributed by atoms with Crippen LogP contribution >= 0.6 is 74.4 Å². The average molecular weight is 433 g/mol. The predicted octanol–water partition coefficient (Wildman–Crippen LogP) is 6.10. The van der Waals surface area contributed by atoms with Crippen LogP contribution in [-0.4, -0.2) is 24.3 Å². The molecule has 0 atom stereocenters. The molecule has 0 saturated heterocycles. The van der Waals surface area contributed by atoms with E-state index < -0.39 is 19.9 Å². The van der Waals surface area contributed by atoms with E-state index >= 15 is 0 Å². The van der Waals surface area contributed by atoms with Gasteiger partial charge in [0.2, 0.25) is 0 Å². The molecule has 0 aliphatic rings. The van der Waals surface area contributed by atoms with Gasteiger partial charge in [-0.3, -0.25) is 0 Å². The molecule has 0 radical (unpaired) electrons. The number of halogens is 6. The normalized spacial score (nSPS) is 13.0. The van der Waals surface area contributed by atoms with E-state index in [1.54, 1.807) is 0 Å². The Morgan fingerprint density at radius 1 is 0.737 bits per heavy atom. The van der Waals surface area contributed by atoms with Gasteiger partial charge in [-0.05, 0) is 29.7 Å². The number of hydrogen-bond donors (Lipinski definition) is 0. The smallest absolute Gasteiger partial charge is 0.126 e. The molecule has 0 aliphatic heterocycles. The molecule has 0 fully saturated rings. The highest BCUT2D eigenvalue weighted by molar-refractivity contribution is 7.69. The summed E-state index contributed by atoms with van der Waals surface area (Å²) in [6, 6.07) is 6.37. The van der Waals surface area contributed by atoms with Crippen LogP contribution in [0.2, 0.25) is 12.1 Å². The van der Waals surface area contributed by atoms with Gasteiger partial charge in [-0.15, -0.1) is 66.5 Å². The summed E-state index contributed by atoms with van der Waals surface area (Å²) in [4.78, 5) is 0. The minimum Gasteiger partial charge on any atom is -0.126 e. The molecule has 0 N–H and O–H groups in total. The Hall–Kier alpha value is 1.82. The molecule has 108 valence electrons. The van der Waals surface area contributed by atoms with Crippen molar-refractivity contribution in [2.24, 2.45) is 0 Å². The highest BCUT2D eigenvalue weighted by Crippen LogP contribution is 2.42. The van der Waals surface area contributed by atoms with Gasteiger partial charge >= 0.3 is 12.0 Å². The van der Waals surface area contributed by atoms with Crippen molar-refractivity contribution >= 4 is 91.7 Å². The van der Waals surface area contributed by atoms with Gasteiger partial charge in [0.1, 0.15) is 0 Å². The van der Waals surface area contributed by atoms with Crippen molar-refractivity contribution in [3.05, 3.63) is 30.3 Å². The summed E-state index contributed by atoms with van der Waals surface area (Å²) in [7, 11) is -0.422. The molecule has 0 unspecified atom stereocenters. The molecule has 0 heterocycles. The standard InChI is InChI=1S/C10H13Cl6PSi2/c11-18(12,13)8-6-17(7-9-19(14,15)16)10-4-2-1-3-5-10/h1-5H,6-9H2. The second kappa shape index (κ2) is 8.45. The van der Waals surface area contributed by atoms with Crippen molar-refractivity contribution in [1.82, 2.24) is 0 Å². The molecule has 0 aliphatic carbocycles. The molecule has 0 bridgehead atoms. The van der Waals surface area contributed by atoms with E-state index in [2.05, 4.69) is 12.1 Å². The third-order valence-corrected chi connectivity index (χ3v) is 10.9. The summed E-state index contributed by atoms with van der Waals surface area (Å²) in [6.07, 6.45) is 1.77. The Kier molecular flexibility index (Phi) is 8.40. The molecule has 1 rings (SSSR count). The van der Waals surface area contributed by atoms with Crippen LogP contribution in [0.25, 0.3) is 0 Å². The Balaban J connectivity index is 2.68. The topological polar surface area (TPSA) is 0 Å². The zero-order chi connectivity index (χ0) is 14.5. The Labute approximate surface area is 145 Å². The van der Waals surface area contributed by atoms with Crippen molar-refractivity contribution in [3.63, 3.8) is 0 Å².